The van der Waals surface area contributed by atoms with Crippen molar-refractivity contribution >= 4 is 0 Å². The van der Waals surface area contributed by atoms with Gasteiger partial charge in [-0.2, -0.15) is 0 Å². The predicted molar refractivity (Wildman–Crippen MR) is 143 cm³/mol. The Bertz CT molecular complexity index is 1360. The molecule has 0 saturated carbocycles. The Morgan fingerprint density at radius 2 is 1.12 bits per heavy atom. The molecule has 0 radical (unpaired) electrons. The van der Waals surface area contributed by atoms with Gasteiger partial charge >= 0.3 is 0 Å². The quantitative estimate of drug-likeness (QED) is 0.232. The van der Waals surface area contributed by atoms with Gasteiger partial charge in [-0.05, 0) is 54.2 Å². The summed E-state index contributed by atoms with van der Waals surface area (Å²) in [6, 6.07) is 38.5. The topological polar surface area (TPSA) is 17.8 Å². The molecule has 0 aliphatic carbocycles. The Morgan fingerprint density at radius 3 is 1.68 bits per heavy atom. The van der Waals surface area contributed by atoms with Crippen LogP contribution in [0.15, 0.2) is 128 Å². The van der Waals surface area contributed by atoms with Gasteiger partial charge in [-0.1, -0.05) is 109 Å². The van der Waals surface area contributed by atoms with Gasteiger partial charge in [0.1, 0.15) is 5.82 Å². The van der Waals surface area contributed by atoms with Crippen LogP contribution < -0.4 is 0 Å². The Labute approximate surface area is 201 Å². The summed E-state index contributed by atoms with van der Waals surface area (Å²) in [5.41, 5.74) is 8.24. The Morgan fingerprint density at radius 1 is 0.618 bits per heavy atom. The number of benzene rings is 4. The molecule has 34 heavy (non-hydrogen) atoms. The third kappa shape index (κ3) is 4.77. The SMILES string of the molecule is C/C=C\CCc1cn(-c2ccccc2)c(-c2ccc(-c3ccc(-c4ccccc4)cc3)cc2)n1. The van der Waals surface area contributed by atoms with Crippen molar-refractivity contribution in [2.45, 2.75) is 19.8 Å². The fourth-order valence-corrected chi connectivity index (χ4v) is 4.23. The average molecular weight is 441 g/mol. The maximum atomic E-state index is 5.01. The van der Waals surface area contributed by atoms with Crippen LogP contribution in [0.3, 0.4) is 0 Å². The Hall–Kier alpha value is -4.17. The molecule has 0 atom stereocenters. The lowest BCUT2D eigenvalue weighted by atomic mass is 9.99. The molecule has 0 N–H and O–H groups in total. The van der Waals surface area contributed by atoms with E-state index in [0.29, 0.717) is 0 Å². The highest BCUT2D eigenvalue weighted by atomic mass is 15.1. The number of para-hydroxylation sites is 1. The van der Waals surface area contributed by atoms with E-state index in [-0.39, 0.29) is 0 Å². The minimum absolute atomic E-state index is 0.934. The summed E-state index contributed by atoms with van der Waals surface area (Å²) in [4.78, 5) is 5.01. The first-order valence-corrected chi connectivity index (χ1v) is 11.8. The van der Waals surface area contributed by atoms with E-state index >= 15 is 0 Å². The van der Waals surface area contributed by atoms with Gasteiger partial charge < -0.3 is 0 Å². The van der Waals surface area contributed by atoms with Crippen LogP contribution in [-0.4, -0.2) is 9.55 Å². The van der Waals surface area contributed by atoms with Gasteiger partial charge in [0.25, 0.3) is 0 Å². The van der Waals surface area contributed by atoms with E-state index in [9.17, 15) is 0 Å². The molecule has 1 heterocycles. The first-order chi connectivity index (χ1) is 16.8. The molecular formula is C32H28N2. The van der Waals surface area contributed by atoms with Crippen LogP contribution in [0.1, 0.15) is 19.0 Å². The van der Waals surface area contributed by atoms with Gasteiger partial charge in [0.05, 0.1) is 5.69 Å². The van der Waals surface area contributed by atoms with E-state index in [1.54, 1.807) is 0 Å². The van der Waals surface area contributed by atoms with E-state index in [1.807, 2.05) is 12.1 Å². The fourth-order valence-electron chi connectivity index (χ4n) is 4.23. The number of hydrogen-bond acceptors (Lipinski definition) is 1. The van der Waals surface area contributed by atoms with Gasteiger partial charge in [-0.15, -0.1) is 0 Å². The zero-order valence-corrected chi connectivity index (χ0v) is 19.4. The highest BCUT2D eigenvalue weighted by molar-refractivity contribution is 5.72. The number of nitrogens with zero attached hydrogens (tertiary/aromatic N) is 2. The van der Waals surface area contributed by atoms with Gasteiger partial charge in [0, 0.05) is 17.4 Å². The van der Waals surface area contributed by atoms with Crippen LogP contribution in [0.25, 0.3) is 39.3 Å². The van der Waals surface area contributed by atoms with Crippen molar-refractivity contribution in [1.82, 2.24) is 9.55 Å². The minimum Gasteiger partial charge on any atom is -0.300 e. The fraction of sp³-hybridized carbons (Fsp3) is 0.0938. The second-order valence-corrected chi connectivity index (χ2v) is 8.39. The van der Waals surface area contributed by atoms with E-state index < -0.39 is 0 Å². The molecule has 0 fully saturated rings. The highest BCUT2D eigenvalue weighted by Crippen LogP contribution is 2.28. The molecule has 4 aromatic carbocycles. The third-order valence-corrected chi connectivity index (χ3v) is 6.06. The highest BCUT2D eigenvalue weighted by Gasteiger charge is 2.12. The number of aromatic nitrogens is 2. The minimum atomic E-state index is 0.934. The summed E-state index contributed by atoms with van der Waals surface area (Å²) in [6.07, 6.45) is 8.40. The predicted octanol–water partition coefficient (Wildman–Crippen LogP) is 8.38. The molecule has 1 aromatic heterocycles. The van der Waals surface area contributed by atoms with Crippen molar-refractivity contribution in [2.24, 2.45) is 0 Å². The zero-order chi connectivity index (χ0) is 23.2. The monoisotopic (exact) mass is 440 g/mol. The first-order valence-electron chi connectivity index (χ1n) is 11.8. The molecule has 2 nitrogen and oxygen atoms in total. The van der Waals surface area contributed by atoms with Gasteiger partial charge in [-0.25, -0.2) is 4.98 Å². The molecule has 0 spiro atoms. The second kappa shape index (κ2) is 10.2. The molecule has 0 unspecified atom stereocenters. The maximum absolute atomic E-state index is 5.01. The van der Waals surface area contributed by atoms with Gasteiger partial charge in [0.15, 0.2) is 0 Å². The van der Waals surface area contributed by atoms with E-state index in [1.165, 1.54) is 22.3 Å². The van der Waals surface area contributed by atoms with E-state index in [2.05, 4.69) is 127 Å². The lowest BCUT2D eigenvalue weighted by molar-refractivity contribution is 0.956. The largest absolute Gasteiger partial charge is 0.300 e. The summed E-state index contributed by atoms with van der Waals surface area (Å²) >= 11 is 0. The van der Waals surface area contributed by atoms with Crippen molar-refractivity contribution in [3.8, 4) is 39.3 Å². The third-order valence-electron chi connectivity index (χ3n) is 6.06. The lowest BCUT2D eigenvalue weighted by Crippen LogP contribution is -1.95. The molecule has 0 saturated heterocycles. The Kier molecular flexibility index (Phi) is 6.49. The van der Waals surface area contributed by atoms with Crippen LogP contribution in [0.4, 0.5) is 0 Å². The normalized spacial score (nSPS) is 11.2. The number of rotatable bonds is 7. The molecule has 0 bridgehead atoms. The van der Waals surface area contributed by atoms with E-state index in [0.717, 1.165) is 35.6 Å². The van der Waals surface area contributed by atoms with Gasteiger partial charge in [-0.3, -0.25) is 4.57 Å². The number of hydrogen-bond donors (Lipinski definition) is 0. The van der Waals surface area contributed by atoms with Crippen LogP contribution in [0.2, 0.25) is 0 Å². The molecular weight excluding hydrogens is 412 g/mol. The summed E-state index contributed by atoms with van der Waals surface area (Å²) in [5, 5.41) is 0. The lowest BCUT2D eigenvalue weighted by Gasteiger charge is -2.09. The van der Waals surface area contributed by atoms with Gasteiger partial charge in [0.2, 0.25) is 0 Å². The van der Waals surface area contributed by atoms with E-state index in [4.69, 9.17) is 4.98 Å². The summed E-state index contributed by atoms with van der Waals surface area (Å²) in [7, 11) is 0. The van der Waals surface area contributed by atoms with Crippen molar-refractivity contribution in [1.29, 1.82) is 0 Å². The van der Waals surface area contributed by atoms with Crippen molar-refractivity contribution in [2.75, 3.05) is 0 Å². The maximum Gasteiger partial charge on any atom is 0.144 e. The second-order valence-electron chi connectivity index (χ2n) is 8.39. The molecule has 0 aliphatic heterocycles. The number of imidazole rings is 1. The van der Waals surface area contributed by atoms with Crippen LogP contribution in [0, 0.1) is 0 Å². The summed E-state index contributed by atoms with van der Waals surface area (Å²) in [6.45, 7) is 2.06. The number of allylic oxidation sites excluding steroid dienone is 2. The zero-order valence-electron chi connectivity index (χ0n) is 19.4. The standard InChI is InChI=1S/C32H28N2/c1-2-3-6-13-30-24-34(31-14-9-5-10-15-31)32(33-30)29-22-20-28(21-23-29)27-18-16-26(17-19-27)25-11-7-4-8-12-25/h2-5,7-12,14-24H,6,13H2,1H3/b3-2-. The van der Waals surface area contributed by atoms with Crippen molar-refractivity contribution in [3.05, 3.63) is 133 Å². The van der Waals surface area contributed by atoms with Crippen LogP contribution in [-0.2, 0) is 6.42 Å². The van der Waals surface area contributed by atoms with Crippen molar-refractivity contribution < 1.29 is 0 Å². The van der Waals surface area contributed by atoms with Crippen LogP contribution >= 0.6 is 0 Å². The van der Waals surface area contributed by atoms with Crippen molar-refractivity contribution in [3.63, 3.8) is 0 Å². The molecule has 166 valence electrons. The molecule has 0 amide bonds. The average Bonchev–Trinajstić information content (AvgIpc) is 3.34. The Balaban J connectivity index is 1.43. The number of aryl methyl sites for hydroxylation is 1. The molecule has 5 aromatic rings. The first kappa shape index (κ1) is 21.7. The smallest absolute Gasteiger partial charge is 0.144 e. The molecule has 2 heteroatoms. The molecule has 5 rings (SSSR count). The summed E-state index contributed by atoms with van der Waals surface area (Å²) in [5.74, 6) is 0.979. The molecule has 0 aliphatic rings. The summed E-state index contributed by atoms with van der Waals surface area (Å²) < 4.78 is 2.20. The van der Waals surface area contributed by atoms with Crippen LogP contribution in [0.5, 0.6) is 0 Å².